The van der Waals surface area contributed by atoms with E-state index in [2.05, 4.69) is 24.0 Å². The third-order valence-corrected chi connectivity index (χ3v) is 2.77. The molecule has 5 heteroatoms. The normalized spacial score (nSPS) is 10.5. The number of imidazole rings is 1. The minimum absolute atomic E-state index is 0.118. The number of hydrogen-bond acceptors (Lipinski definition) is 3. The predicted molar refractivity (Wildman–Crippen MR) is 68.4 cm³/mol. The smallest absolute Gasteiger partial charge is 0.390 e. The van der Waals surface area contributed by atoms with Crippen molar-refractivity contribution in [2.75, 3.05) is 0 Å². The van der Waals surface area contributed by atoms with Crippen molar-refractivity contribution >= 4 is 5.95 Å². The summed E-state index contributed by atoms with van der Waals surface area (Å²) < 4.78 is 1.54. The van der Waals surface area contributed by atoms with Crippen molar-refractivity contribution in [3.05, 3.63) is 57.9 Å². The number of nitrogens with zero attached hydrogens (tertiary/aromatic N) is 3. The maximum Gasteiger partial charge on any atom is 0.434 e. The van der Waals surface area contributed by atoms with Gasteiger partial charge in [0.2, 0.25) is 0 Å². The molecular formula is C13H15N3O2. The molecule has 2 aromatic rings. The number of benzene rings is 1. The molecule has 5 nitrogen and oxygen atoms in total. The quantitative estimate of drug-likeness (QED) is 0.601. The van der Waals surface area contributed by atoms with Crippen LogP contribution in [-0.2, 0) is 13.0 Å². The first-order valence-corrected chi connectivity index (χ1v) is 5.94. The van der Waals surface area contributed by atoms with E-state index in [1.165, 1.54) is 16.3 Å². The molecule has 0 unspecified atom stereocenters. The molecule has 94 valence electrons. The molecule has 0 bridgehead atoms. The molecule has 18 heavy (non-hydrogen) atoms. The highest BCUT2D eigenvalue weighted by molar-refractivity contribution is 5.24. The first kappa shape index (κ1) is 12.3. The van der Waals surface area contributed by atoms with E-state index in [0.717, 1.165) is 18.4 Å². The molecule has 1 aromatic heterocycles. The summed E-state index contributed by atoms with van der Waals surface area (Å²) in [6, 6.07) is 8.16. The lowest BCUT2D eigenvalue weighted by molar-refractivity contribution is -0.396. The van der Waals surface area contributed by atoms with Gasteiger partial charge in [0.25, 0.3) is 0 Å². The van der Waals surface area contributed by atoms with Gasteiger partial charge in [0.05, 0.1) is 6.54 Å². The van der Waals surface area contributed by atoms with Crippen molar-refractivity contribution in [3.63, 3.8) is 0 Å². The minimum atomic E-state index is -0.467. The number of nitro groups is 1. The molecule has 0 saturated carbocycles. The lowest BCUT2D eigenvalue weighted by Gasteiger charge is -2.03. The largest absolute Gasteiger partial charge is 0.434 e. The summed E-state index contributed by atoms with van der Waals surface area (Å²) in [6.45, 7) is 2.62. The van der Waals surface area contributed by atoms with Gasteiger partial charge in [-0.05, 0) is 22.5 Å². The first-order chi connectivity index (χ1) is 8.70. The number of rotatable bonds is 5. The fourth-order valence-corrected chi connectivity index (χ4v) is 1.89. The molecular weight excluding hydrogens is 230 g/mol. The van der Waals surface area contributed by atoms with E-state index in [9.17, 15) is 10.1 Å². The van der Waals surface area contributed by atoms with Gasteiger partial charge in [-0.1, -0.05) is 42.6 Å². The summed E-state index contributed by atoms with van der Waals surface area (Å²) in [5.74, 6) is -0.118. The molecule has 0 radical (unpaired) electrons. The zero-order chi connectivity index (χ0) is 13.0. The van der Waals surface area contributed by atoms with E-state index < -0.39 is 4.92 Å². The van der Waals surface area contributed by atoms with Crippen LogP contribution in [0.1, 0.15) is 24.5 Å². The van der Waals surface area contributed by atoms with Gasteiger partial charge in [-0.15, -0.1) is 0 Å². The lowest BCUT2D eigenvalue weighted by Crippen LogP contribution is -2.04. The summed E-state index contributed by atoms with van der Waals surface area (Å²) in [4.78, 5) is 14.0. The van der Waals surface area contributed by atoms with Crippen molar-refractivity contribution in [2.24, 2.45) is 0 Å². The van der Waals surface area contributed by atoms with Crippen LogP contribution in [0.15, 0.2) is 36.7 Å². The zero-order valence-electron chi connectivity index (χ0n) is 10.2. The van der Waals surface area contributed by atoms with Gasteiger partial charge in [0, 0.05) is 0 Å². The van der Waals surface area contributed by atoms with Crippen molar-refractivity contribution in [1.29, 1.82) is 0 Å². The summed E-state index contributed by atoms with van der Waals surface area (Å²) in [5.41, 5.74) is 2.33. The van der Waals surface area contributed by atoms with Crippen LogP contribution in [0.3, 0.4) is 0 Å². The highest BCUT2D eigenvalue weighted by atomic mass is 16.6. The molecule has 0 saturated heterocycles. The first-order valence-electron chi connectivity index (χ1n) is 5.94. The molecule has 2 rings (SSSR count). The third kappa shape index (κ3) is 2.74. The van der Waals surface area contributed by atoms with Crippen LogP contribution >= 0.6 is 0 Å². The molecule has 0 fully saturated rings. The van der Waals surface area contributed by atoms with E-state index in [0.29, 0.717) is 6.54 Å². The van der Waals surface area contributed by atoms with E-state index >= 15 is 0 Å². The zero-order valence-corrected chi connectivity index (χ0v) is 10.2. The van der Waals surface area contributed by atoms with E-state index in [1.54, 1.807) is 6.20 Å². The Kier molecular flexibility index (Phi) is 3.72. The van der Waals surface area contributed by atoms with Gasteiger partial charge in [-0.3, -0.25) is 0 Å². The third-order valence-electron chi connectivity index (χ3n) is 2.77. The predicted octanol–water partition coefficient (Wildman–Crippen LogP) is 2.79. The van der Waals surface area contributed by atoms with Crippen molar-refractivity contribution in [2.45, 2.75) is 26.3 Å². The standard InChI is InChI=1S/C13H15N3O2/c1-2-3-11-4-6-12(7-5-11)10-15-9-8-14-13(15)16(17)18/h4-9H,2-3,10H2,1H3. The molecule has 1 heterocycles. The monoisotopic (exact) mass is 245 g/mol. The number of hydrogen-bond donors (Lipinski definition) is 0. The highest BCUT2D eigenvalue weighted by Gasteiger charge is 2.13. The van der Waals surface area contributed by atoms with Gasteiger partial charge in [0.15, 0.2) is 0 Å². The molecule has 0 amide bonds. The fraction of sp³-hybridized carbons (Fsp3) is 0.308. The Balaban J connectivity index is 2.13. The fourth-order valence-electron chi connectivity index (χ4n) is 1.89. The van der Waals surface area contributed by atoms with Crippen LogP contribution in [0, 0.1) is 10.1 Å². The maximum absolute atomic E-state index is 10.7. The van der Waals surface area contributed by atoms with Gasteiger partial charge in [-0.25, -0.2) is 4.57 Å². The minimum Gasteiger partial charge on any atom is -0.390 e. The Bertz CT molecular complexity index is 531. The second-order valence-corrected chi connectivity index (χ2v) is 4.18. The Morgan fingerprint density at radius 1 is 1.28 bits per heavy atom. The highest BCUT2D eigenvalue weighted by Crippen LogP contribution is 2.12. The molecule has 0 aliphatic rings. The van der Waals surface area contributed by atoms with Gasteiger partial charge in [0.1, 0.15) is 12.4 Å². The van der Waals surface area contributed by atoms with Crippen molar-refractivity contribution in [3.8, 4) is 0 Å². The van der Waals surface area contributed by atoms with Crippen molar-refractivity contribution in [1.82, 2.24) is 9.55 Å². The Hall–Kier alpha value is -2.17. The van der Waals surface area contributed by atoms with Gasteiger partial charge < -0.3 is 10.1 Å². The second-order valence-electron chi connectivity index (χ2n) is 4.18. The number of aryl methyl sites for hydroxylation is 1. The van der Waals surface area contributed by atoms with Crippen LogP contribution in [-0.4, -0.2) is 14.5 Å². The molecule has 0 spiro atoms. The molecule has 0 aliphatic carbocycles. The summed E-state index contributed by atoms with van der Waals surface area (Å²) >= 11 is 0. The average Bonchev–Trinajstić information content (AvgIpc) is 2.80. The van der Waals surface area contributed by atoms with E-state index in [-0.39, 0.29) is 5.95 Å². The van der Waals surface area contributed by atoms with Gasteiger partial charge in [-0.2, -0.15) is 0 Å². The molecule has 1 aromatic carbocycles. The lowest BCUT2D eigenvalue weighted by atomic mass is 10.1. The SMILES string of the molecule is CCCc1ccc(Cn2ccnc2[N+](=O)[O-])cc1. The van der Waals surface area contributed by atoms with Crippen LogP contribution in [0.5, 0.6) is 0 Å². The Labute approximate surface area is 105 Å². The summed E-state index contributed by atoms with van der Waals surface area (Å²) in [7, 11) is 0. The molecule has 0 aliphatic heterocycles. The topological polar surface area (TPSA) is 61.0 Å². The maximum atomic E-state index is 10.7. The van der Waals surface area contributed by atoms with Crippen LogP contribution < -0.4 is 0 Å². The van der Waals surface area contributed by atoms with E-state index in [4.69, 9.17) is 0 Å². The molecule has 0 N–H and O–H groups in total. The van der Waals surface area contributed by atoms with Crippen LogP contribution in [0.25, 0.3) is 0 Å². The van der Waals surface area contributed by atoms with E-state index in [1.807, 2.05) is 12.1 Å². The molecule has 0 atom stereocenters. The average molecular weight is 245 g/mol. The summed E-state index contributed by atoms with van der Waals surface area (Å²) in [5, 5.41) is 10.7. The van der Waals surface area contributed by atoms with Crippen LogP contribution in [0.4, 0.5) is 5.95 Å². The van der Waals surface area contributed by atoms with Crippen molar-refractivity contribution < 1.29 is 4.92 Å². The Morgan fingerprint density at radius 2 is 1.94 bits per heavy atom. The van der Waals surface area contributed by atoms with Crippen LogP contribution in [0.2, 0.25) is 0 Å². The number of aromatic nitrogens is 2. The second kappa shape index (κ2) is 5.44. The summed E-state index contributed by atoms with van der Waals surface area (Å²) in [6.07, 6.45) is 5.25. The Morgan fingerprint density at radius 3 is 2.56 bits per heavy atom. The van der Waals surface area contributed by atoms with Gasteiger partial charge >= 0.3 is 5.95 Å².